The summed E-state index contributed by atoms with van der Waals surface area (Å²) in [6.07, 6.45) is 1.51. The van der Waals surface area contributed by atoms with Crippen LogP contribution < -0.4 is 5.32 Å². The first-order chi connectivity index (χ1) is 11.0. The van der Waals surface area contributed by atoms with E-state index in [-0.39, 0.29) is 5.91 Å². The lowest BCUT2D eigenvalue weighted by molar-refractivity contribution is 0.102. The van der Waals surface area contributed by atoms with Crippen molar-refractivity contribution < 1.29 is 9.21 Å². The van der Waals surface area contributed by atoms with E-state index in [1.54, 1.807) is 13.0 Å². The van der Waals surface area contributed by atoms with Crippen molar-refractivity contribution in [2.75, 3.05) is 5.32 Å². The van der Waals surface area contributed by atoms with Crippen molar-refractivity contribution in [1.29, 1.82) is 0 Å². The first kappa shape index (κ1) is 15.5. The van der Waals surface area contributed by atoms with Crippen molar-refractivity contribution >= 4 is 22.4 Å². The van der Waals surface area contributed by atoms with E-state index in [0.717, 1.165) is 11.3 Å². The monoisotopic (exact) mass is 326 g/mol. The van der Waals surface area contributed by atoms with Gasteiger partial charge in [-0.25, -0.2) is 4.98 Å². The summed E-state index contributed by atoms with van der Waals surface area (Å²) in [7, 11) is 0. The molecule has 0 aliphatic rings. The van der Waals surface area contributed by atoms with Gasteiger partial charge in [0.05, 0.1) is 17.5 Å². The fraction of sp³-hybridized carbons (Fsp3) is 0.222. The molecule has 2 aromatic heterocycles. The Kier molecular flexibility index (Phi) is 4.30. The van der Waals surface area contributed by atoms with E-state index in [1.165, 1.54) is 23.2 Å². The third-order valence-corrected chi connectivity index (χ3v) is 4.46. The van der Waals surface area contributed by atoms with Crippen LogP contribution in [0.5, 0.6) is 0 Å². The molecule has 0 unspecified atom stereocenters. The number of nitrogens with one attached hydrogen (secondary N) is 1. The maximum absolute atomic E-state index is 12.2. The fourth-order valence-electron chi connectivity index (χ4n) is 2.29. The van der Waals surface area contributed by atoms with Crippen LogP contribution in [0.4, 0.5) is 5.13 Å². The third-order valence-electron chi connectivity index (χ3n) is 3.70. The number of rotatable bonds is 4. The molecule has 118 valence electrons. The maximum atomic E-state index is 12.2. The Hall–Kier alpha value is -2.40. The highest BCUT2D eigenvalue weighted by molar-refractivity contribution is 7.14. The summed E-state index contributed by atoms with van der Waals surface area (Å²) in [6, 6.07) is 10.0. The molecule has 0 radical (unpaired) electrons. The number of aromatic nitrogens is 1. The lowest BCUT2D eigenvalue weighted by atomic mass is 10.0. The highest BCUT2D eigenvalue weighted by Crippen LogP contribution is 2.27. The number of thiazole rings is 1. The highest BCUT2D eigenvalue weighted by Gasteiger charge is 2.14. The minimum atomic E-state index is -0.202. The molecule has 0 fully saturated rings. The van der Waals surface area contributed by atoms with Gasteiger partial charge in [-0.05, 0) is 24.5 Å². The van der Waals surface area contributed by atoms with Gasteiger partial charge < -0.3 is 4.42 Å². The molecule has 4 nitrogen and oxygen atoms in total. The number of amides is 1. The van der Waals surface area contributed by atoms with E-state index in [4.69, 9.17) is 4.42 Å². The van der Waals surface area contributed by atoms with Gasteiger partial charge in [-0.2, -0.15) is 0 Å². The van der Waals surface area contributed by atoms with Crippen molar-refractivity contribution in [1.82, 2.24) is 4.98 Å². The first-order valence-electron chi connectivity index (χ1n) is 7.46. The van der Waals surface area contributed by atoms with Gasteiger partial charge in [0.2, 0.25) is 0 Å². The summed E-state index contributed by atoms with van der Waals surface area (Å²) in [6.45, 7) is 6.10. The number of carbonyl (C=O) groups is 1. The molecule has 0 spiro atoms. The van der Waals surface area contributed by atoms with Gasteiger partial charge in [0.1, 0.15) is 5.76 Å². The number of furan rings is 1. The van der Waals surface area contributed by atoms with Crippen LogP contribution in [0.2, 0.25) is 0 Å². The zero-order valence-electron chi connectivity index (χ0n) is 13.3. The molecule has 0 bridgehead atoms. The molecular formula is C18H18N2O2S. The van der Waals surface area contributed by atoms with Gasteiger partial charge in [0.25, 0.3) is 5.91 Å². The van der Waals surface area contributed by atoms with E-state index in [0.29, 0.717) is 22.4 Å². The Morgan fingerprint density at radius 3 is 2.57 bits per heavy atom. The number of anilines is 1. The van der Waals surface area contributed by atoms with Crippen LogP contribution in [-0.2, 0) is 0 Å². The van der Waals surface area contributed by atoms with Crippen LogP contribution in [0, 0.1) is 6.92 Å². The summed E-state index contributed by atoms with van der Waals surface area (Å²) >= 11 is 1.41. The smallest absolute Gasteiger partial charge is 0.260 e. The lowest BCUT2D eigenvalue weighted by Gasteiger charge is -2.05. The molecule has 2 heterocycles. The molecule has 0 aliphatic carbocycles. The second-order valence-electron chi connectivity index (χ2n) is 5.66. The molecule has 0 aliphatic heterocycles. The largest absolute Gasteiger partial charge is 0.469 e. The van der Waals surface area contributed by atoms with Gasteiger partial charge in [-0.3, -0.25) is 10.1 Å². The Labute approximate surface area is 139 Å². The van der Waals surface area contributed by atoms with Crippen molar-refractivity contribution in [2.24, 2.45) is 0 Å². The summed E-state index contributed by atoms with van der Waals surface area (Å²) < 4.78 is 5.15. The van der Waals surface area contributed by atoms with E-state index >= 15 is 0 Å². The third kappa shape index (κ3) is 3.35. The van der Waals surface area contributed by atoms with Gasteiger partial charge >= 0.3 is 0 Å². The molecule has 3 rings (SSSR count). The Balaban J connectivity index is 1.75. The normalized spacial score (nSPS) is 11.0. The van der Waals surface area contributed by atoms with Gasteiger partial charge in [-0.15, -0.1) is 11.3 Å². The summed E-state index contributed by atoms with van der Waals surface area (Å²) in [5.74, 6) is 0.906. The average Bonchev–Trinajstić information content (AvgIpc) is 3.16. The van der Waals surface area contributed by atoms with Crippen LogP contribution in [0.15, 0.2) is 46.4 Å². The minimum absolute atomic E-state index is 0.202. The number of nitrogens with zero attached hydrogens (tertiary/aromatic N) is 1. The van der Waals surface area contributed by atoms with Gasteiger partial charge in [0, 0.05) is 10.9 Å². The second-order valence-corrected chi connectivity index (χ2v) is 6.52. The predicted octanol–water partition coefficient (Wildman–Crippen LogP) is 5.09. The standard InChI is InChI=1S/C18H18N2O2S/c1-11(2)13-4-6-14(7-5-13)16-10-23-18(19-16)20-17(21)15-8-9-22-12(15)3/h4-11H,1-3H3,(H,19,20,21). The molecular weight excluding hydrogens is 308 g/mol. The predicted molar refractivity (Wildman–Crippen MR) is 93.0 cm³/mol. The van der Waals surface area contributed by atoms with Crippen molar-refractivity contribution in [2.45, 2.75) is 26.7 Å². The molecule has 0 atom stereocenters. The summed E-state index contributed by atoms with van der Waals surface area (Å²) in [5.41, 5.74) is 3.74. The number of carbonyl (C=O) groups excluding carboxylic acids is 1. The SMILES string of the molecule is Cc1occc1C(=O)Nc1nc(-c2ccc(C(C)C)cc2)cs1. The molecule has 0 saturated heterocycles. The first-order valence-corrected chi connectivity index (χ1v) is 8.34. The van der Waals surface area contributed by atoms with Gasteiger partial charge in [-0.1, -0.05) is 38.1 Å². The lowest BCUT2D eigenvalue weighted by Crippen LogP contribution is -2.11. The van der Waals surface area contributed by atoms with E-state index < -0.39 is 0 Å². The maximum Gasteiger partial charge on any atom is 0.260 e. The van der Waals surface area contributed by atoms with E-state index in [9.17, 15) is 4.79 Å². The van der Waals surface area contributed by atoms with Gasteiger partial charge in [0.15, 0.2) is 5.13 Å². The van der Waals surface area contributed by atoms with Crippen LogP contribution >= 0.6 is 11.3 Å². The Morgan fingerprint density at radius 2 is 1.96 bits per heavy atom. The average molecular weight is 326 g/mol. The quantitative estimate of drug-likeness (QED) is 0.727. The molecule has 23 heavy (non-hydrogen) atoms. The Bertz CT molecular complexity index is 816. The number of benzene rings is 1. The molecule has 5 heteroatoms. The topological polar surface area (TPSA) is 55.1 Å². The summed E-state index contributed by atoms with van der Waals surface area (Å²) in [5, 5.41) is 5.34. The zero-order valence-corrected chi connectivity index (χ0v) is 14.1. The van der Waals surface area contributed by atoms with Crippen LogP contribution in [0.25, 0.3) is 11.3 Å². The molecule has 0 saturated carbocycles. The van der Waals surface area contributed by atoms with E-state index in [1.807, 2.05) is 5.38 Å². The van der Waals surface area contributed by atoms with Crippen molar-refractivity contribution in [3.8, 4) is 11.3 Å². The van der Waals surface area contributed by atoms with Crippen molar-refractivity contribution in [3.63, 3.8) is 0 Å². The van der Waals surface area contributed by atoms with Crippen LogP contribution in [-0.4, -0.2) is 10.9 Å². The summed E-state index contributed by atoms with van der Waals surface area (Å²) in [4.78, 5) is 16.6. The zero-order chi connectivity index (χ0) is 16.4. The number of hydrogen-bond donors (Lipinski definition) is 1. The number of hydrogen-bond acceptors (Lipinski definition) is 4. The minimum Gasteiger partial charge on any atom is -0.469 e. The Morgan fingerprint density at radius 1 is 1.22 bits per heavy atom. The highest BCUT2D eigenvalue weighted by atomic mass is 32.1. The van der Waals surface area contributed by atoms with Crippen LogP contribution in [0.1, 0.15) is 41.4 Å². The second kappa shape index (κ2) is 6.38. The van der Waals surface area contributed by atoms with E-state index in [2.05, 4.69) is 48.4 Å². The molecule has 1 N–H and O–H groups in total. The molecule has 1 aromatic carbocycles. The fourth-order valence-corrected chi connectivity index (χ4v) is 3.00. The van der Waals surface area contributed by atoms with Crippen molar-refractivity contribution in [3.05, 3.63) is 58.9 Å². The molecule has 1 amide bonds. The number of aryl methyl sites for hydroxylation is 1. The van der Waals surface area contributed by atoms with Crippen LogP contribution in [0.3, 0.4) is 0 Å². The molecule has 3 aromatic rings.